The molecule has 18 heavy (non-hydrogen) atoms. The van der Waals surface area contributed by atoms with Crippen molar-refractivity contribution in [3.8, 4) is 12.1 Å². The van der Waals surface area contributed by atoms with Crippen LogP contribution in [-0.4, -0.2) is 18.8 Å². The van der Waals surface area contributed by atoms with Gasteiger partial charge in [-0.05, 0) is 18.2 Å². The SMILES string of the molecule is COC(=O)c1ccc(Cl)cc1NN=C(C#N)C#N. The molecule has 0 spiro atoms. The molecule has 0 fully saturated rings. The van der Waals surface area contributed by atoms with Gasteiger partial charge in [-0.3, -0.25) is 5.43 Å². The molecular formula is C11H7ClN4O2. The van der Waals surface area contributed by atoms with Crippen LogP contribution in [0.1, 0.15) is 10.4 Å². The summed E-state index contributed by atoms with van der Waals surface area (Å²) in [4.78, 5) is 11.4. The maximum atomic E-state index is 11.4. The molecule has 1 aromatic carbocycles. The molecular weight excluding hydrogens is 256 g/mol. The van der Waals surface area contributed by atoms with Crippen molar-refractivity contribution >= 4 is 29.0 Å². The smallest absolute Gasteiger partial charge is 0.340 e. The van der Waals surface area contributed by atoms with Crippen molar-refractivity contribution in [2.45, 2.75) is 0 Å². The van der Waals surface area contributed by atoms with Gasteiger partial charge in [0.05, 0.1) is 18.4 Å². The summed E-state index contributed by atoms with van der Waals surface area (Å²) in [5.74, 6) is -0.583. The highest BCUT2D eigenvalue weighted by molar-refractivity contribution is 6.31. The average molecular weight is 263 g/mol. The second kappa shape index (κ2) is 6.24. The molecule has 7 heteroatoms. The van der Waals surface area contributed by atoms with Crippen molar-refractivity contribution in [3.05, 3.63) is 28.8 Å². The number of benzene rings is 1. The standard InChI is InChI=1S/C11H7ClN4O2/c1-18-11(17)9-3-2-7(12)4-10(9)16-15-8(5-13)6-14/h2-4,16H,1H3. The number of ether oxygens (including phenoxy) is 1. The molecule has 0 saturated carbocycles. The molecule has 1 rings (SSSR count). The van der Waals surface area contributed by atoms with Gasteiger partial charge in [0.2, 0.25) is 5.71 Å². The van der Waals surface area contributed by atoms with Crippen LogP contribution in [0, 0.1) is 22.7 Å². The molecule has 1 N–H and O–H groups in total. The second-order valence-corrected chi connectivity index (χ2v) is 3.41. The molecule has 0 aromatic heterocycles. The fourth-order valence-corrected chi connectivity index (χ4v) is 1.26. The Labute approximate surface area is 108 Å². The zero-order valence-corrected chi connectivity index (χ0v) is 10.0. The third-order valence-electron chi connectivity index (χ3n) is 1.89. The molecule has 0 amide bonds. The van der Waals surface area contributed by atoms with Crippen LogP contribution < -0.4 is 5.43 Å². The highest BCUT2D eigenvalue weighted by Crippen LogP contribution is 2.21. The van der Waals surface area contributed by atoms with Gasteiger partial charge in [-0.2, -0.15) is 15.6 Å². The van der Waals surface area contributed by atoms with Crippen molar-refractivity contribution < 1.29 is 9.53 Å². The number of rotatable bonds is 3. The molecule has 0 radical (unpaired) electrons. The Balaban J connectivity index is 3.12. The van der Waals surface area contributed by atoms with Crippen LogP contribution >= 0.6 is 11.6 Å². The molecule has 0 aliphatic rings. The van der Waals surface area contributed by atoms with Crippen LogP contribution in [0.25, 0.3) is 0 Å². The number of nitrogens with one attached hydrogen (secondary N) is 1. The van der Waals surface area contributed by atoms with E-state index in [9.17, 15) is 4.79 Å². The van der Waals surface area contributed by atoms with E-state index in [0.29, 0.717) is 5.02 Å². The minimum Gasteiger partial charge on any atom is -0.465 e. The lowest BCUT2D eigenvalue weighted by Crippen LogP contribution is -2.06. The normalized spacial score (nSPS) is 8.67. The number of esters is 1. The summed E-state index contributed by atoms with van der Waals surface area (Å²) in [6.45, 7) is 0. The van der Waals surface area contributed by atoms with E-state index in [1.54, 1.807) is 12.1 Å². The first-order chi connectivity index (χ1) is 8.62. The van der Waals surface area contributed by atoms with Gasteiger partial charge < -0.3 is 4.74 Å². The summed E-state index contributed by atoms with van der Waals surface area (Å²) in [6.07, 6.45) is 0. The highest BCUT2D eigenvalue weighted by atomic mass is 35.5. The Bertz CT molecular complexity index is 568. The van der Waals surface area contributed by atoms with E-state index in [1.165, 1.54) is 25.3 Å². The lowest BCUT2D eigenvalue weighted by molar-refractivity contribution is 0.0602. The molecule has 0 atom stereocenters. The van der Waals surface area contributed by atoms with E-state index in [2.05, 4.69) is 15.3 Å². The monoisotopic (exact) mass is 262 g/mol. The number of hydrogen-bond donors (Lipinski definition) is 1. The molecule has 1 aromatic rings. The summed E-state index contributed by atoms with van der Waals surface area (Å²) in [6, 6.07) is 7.55. The van der Waals surface area contributed by atoms with Gasteiger partial charge in [0.15, 0.2) is 0 Å². The van der Waals surface area contributed by atoms with Gasteiger partial charge in [0, 0.05) is 5.02 Å². The summed E-state index contributed by atoms with van der Waals surface area (Å²) in [7, 11) is 1.24. The predicted molar refractivity (Wildman–Crippen MR) is 65.1 cm³/mol. The van der Waals surface area contributed by atoms with Crippen molar-refractivity contribution in [2.75, 3.05) is 12.5 Å². The van der Waals surface area contributed by atoms with Crippen LogP contribution in [0.4, 0.5) is 5.69 Å². The maximum Gasteiger partial charge on any atom is 0.340 e. The Hall–Kier alpha value is -2.57. The van der Waals surface area contributed by atoms with Crippen molar-refractivity contribution in [3.63, 3.8) is 0 Å². The summed E-state index contributed by atoms with van der Waals surface area (Å²) >= 11 is 5.78. The van der Waals surface area contributed by atoms with Crippen LogP contribution in [0.5, 0.6) is 0 Å². The molecule has 0 saturated heterocycles. The number of nitriles is 2. The fraction of sp³-hybridized carbons (Fsp3) is 0.0909. The van der Waals surface area contributed by atoms with Crippen LogP contribution in [-0.2, 0) is 4.74 Å². The van der Waals surface area contributed by atoms with Crippen molar-refractivity contribution in [1.82, 2.24) is 0 Å². The minimum absolute atomic E-state index is 0.195. The number of carbonyl (C=O) groups is 1. The zero-order valence-electron chi connectivity index (χ0n) is 9.27. The molecule has 6 nitrogen and oxygen atoms in total. The lowest BCUT2D eigenvalue weighted by atomic mass is 10.2. The maximum absolute atomic E-state index is 11.4. The molecule has 0 aliphatic heterocycles. The van der Waals surface area contributed by atoms with E-state index in [4.69, 9.17) is 22.1 Å². The Morgan fingerprint density at radius 3 is 2.67 bits per heavy atom. The highest BCUT2D eigenvalue weighted by Gasteiger charge is 2.12. The molecule has 90 valence electrons. The number of carbonyl (C=O) groups excluding carboxylic acids is 1. The van der Waals surface area contributed by atoms with E-state index in [1.807, 2.05) is 0 Å². The van der Waals surface area contributed by atoms with E-state index >= 15 is 0 Å². The largest absolute Gasteiger partial charge is 0.465 e. The molecule has 0 aliphatic carbocycles. The van der Waals surface area contributed by atoms with Crippen molar-refractivity contribution in [2.24, 2.45) is 5.10 Å². The van der Waals surface area contributed by atoms with Gasteiger partial charge in [-0.25, -0.2) is 4.79 Å². The third-order valence-corrected chi connectivity index (χ3v) is 2.12. The zero-order chi connectivity index (χ0) is 13.5. The van der Waals surface area contributed by atoms with Crippen molar-refractivity contribution in [1.29, 1.82) is 10.5 Å². The summed E-state index contributed by atoms with van der Waals surface area (Å²) in [5, 5.41) is 20.9. The minimum atomic E-state index is -0.583. The molecule has 0 heterocycles. The van der Waals surface area contributed by atoms with E-state index in [0.717, 1.165) is 0 Å². The number of nitrogens with zero attached hydrogens (tertiary/aromatic N) is 3. The van der Waals surface area contributed by atoms with Gasteiger partial charge in [-0.15, -0.1) is 0 Å². The number of hydrogen-bond acceptors (Lipinski definition) is 6. The Kier molecular flexibility index (Phi) is 4.67. The van der Waals surface area contributed by atoms with Crippen LogP contribution in [0.2, 0.25) is 5.02 Å². The fourth-order valence-electron chi connectivity index (χ4n) is 1.09. The second-order valence-electron chi connectivity index (χ2n) is 2.98. The first kappa shape index (κ1) is 13.5. The molecule has 0 unspecified atom stereocenters. The topological polar surface area (TPSA) is 98.3 Å². The van der Waals surface area contributed by atoms with E-state index < -0.39 is 5.97 Å². The number of anilines is 1. The quantitative estimate of drug-likeness (QED) is 0.510. The number of halogens is 1. The first-order valence-corrected chi connectivity index (χ1v) is 5.02. The van der Waals surface area contributed by atoms with Crippen LogP contribution in [0.3, 0.4) is 0 Å². The third kappa shape index (κ3) is 3.21. The average Bonchev–Trinajstić information content (AvgIpc) is 2.39. The van der Waals surface area contributed by atoms with Gasteiger partial charge in [0.1, 0.15) is 12.1 Å². The van der Waals surface area contributed by atoms with Gasteiger partial charge in [-0.1, -0.05) is 11.6 Å². The predicted octanol–water partition coefficient (Wildman–Crippen LogP) is 1.94. The van der Waals surface area contributed by atoms with E-state index in [-0.39, 0.29) is 17.0 Å². The number of methoxy groups -OCH3 is 1. The Morgan fingerprint density at radius 1 is 1.44 bits per heavy atom. The summed E-state index contributed by atoms with van der Waals surface area (Å²) < 4.78 is 4.58. The van der Waals surface area contributed by atoms with Crippen LogP contribution in [0.15, 0.2) is 23.3 Å². The number of hydrazone groups is 1. The lowest BCUT2D eigenvalue weighted by Gasteiger charge is -2.07. The summed E-state index contributed by atoms with van der Waals surface area (Å²) in [5.41, 5.74) is 2.50. The van der Waals surface area contributed by atoms with Gasteiger partial charge in [0.25, 0.3) is 0 Å². The Morgan fingerprint density at radius 2 is 2.11 bits per heavy atom. The molecule has 0 bridgehead atoms. The first-order valence-electron chi connectivity index (χ1n) is 4.64. The van der Waals surface area contributed by atoms with Gasteiger partial charge >= 0.3 is 5.97 Å².